The van der Waals surface area contributed by atoms with Crippen LogP contribution in [-0.2, 0) is 13.6 Å². The molecule has 1 aliphatic heterocycles. The van der Waals surface area contributed by atoms with Gasteiger partial charge in [0.15, 0.2) is 0 Å². The van der Waals surface area contributed by atoms with Gasteiger partial charge in [-0.25, -0.2) is 0 Å². The fraction of sp³-hybridized carbons (Fsp3) is 0.500. The SMILES string of the molecule is Cc1ccc(CN2CCC(C(C)N)C2)c(-c2cnn(C)c2)c1.Cl. The molecular formula is C18H27ClN4. The number of aromatic nitrogens is 2. The van der Waals surface area contributed by atoms with Crippen LogP contribution >= 0.6 is 12.4 Å². The van der Waals surface area contributed by atoms with Crippen LogP contribution in [0.3, 0.4) is 0 Å². The lowest BCUT2D eigenvalue weighted by atomic mass is 9.99. The van der Waals surface area contributed by atoms with Crippen LogP contribution in [0.5, 0.6) is 0 Å². The largest absolute Gasteiger partial charge is 0.328 e. The second-order valence-electron chi connectivity index (χ2n) is 6.71. The smallest absolute Gasteiger partial charge is 0.0568 e. The van der Waals surface area contributed by atoms with Crippen molar-refractivity contribution in [1.82, 2.24) is 14.7 Å². The van der Waals surface area contributed by atoms with E-state index in [0.29, 0.717) is 12.0 Å². The molecule has 1 aliphatic rings. The molecule has 0 spiro atoms. The summed E-state index contributed by atoms with van der Waals surface area (Å²) >= 11 is 0. The van der Waals surface area contributed by atoms with Crippen LogP contribution in [0.4, 0.5) is 0 Å². The van der Waals surface area contributed by atoms with Crippen molar-refractivity contribution in [3.05, 3.63) is 41.7 Å². The van der Waals surface area contributed by atoms with Crippen LogP contribution in [0.1, 0.15) is 24.5 Å². The molecule has 2 atom stereocenters. The van der Waals surface area contributed by atoms with Gasteiger partial charge in [-0.1, -0.05) is 23.8 Å². The van der Waals surface area contributed by atoms with Crippen LogP contribution in [0.25, 0.3) is 11.1 Å². The Labute approximate surface area is 145 Å². The normalized spacial score (nSPS) is 19.6. The Morgan fingerprint density at radius 2 is 2.17 bits per heavy atom. The molecule has 2 heterocycles. The van der Waals surface area contributed by atoms with Gasteiger partial charge in [-0.15, -0.1) is 12.4 Å². The lowest BCUT2D eigenvalue weighted by Crippen LogP contribution is -2.29. The number of rotatable bonds is 4. The summed E-state index contributed by atoms with van der Waals surface area (Å²) in [6.07, 6.45) is 5.26. The average Bonchev–Trinajstić information content (AvgIpc) is 3.10. The highest BCUT2D eigenvalue weighted by Crippen LogP contribution is 2.28. The third kappa shape index (κ3) is 4.14. The van der Waals surface area contributed by atoms with Crippen LogP contribution in [0, 0.1) is 12.8 Å². The fourth-order valence-electron chi connectivity index (χ4n) is 3.33. The van der Waals surface area contributed by atoms with E-state index in [4.69, 9.17) is 5.73 Å². The highest BCUT2D eigenvalue weighted by Gasteiger charge is 2.25. The molecule has 3 rings (SSSR count). The summed E-state index contributed by atoms with van der Waals surface area (Å²) < 4.78 is 1.86. The predicted molar refractivity (Wildman–Crippen MR) is 97.7 cm³/mol. The Kier molecular flexibility index (Phi) is 5.84. The van der Waals surface area contributed by atoms with E-state index in [9.17, 15) is 0 Å². The molecule has 0 bridgehead atoms. The maximum Gasteiger partial charge on any atom is 0.0568 e. The molecule has 1 fully saturated rings. The zero-order valence-electron chi connectivity index (χ0n) is 14.2. The molecular weight excluding hydrogens is 308 g/mol. The van der Waals surface area contributed by atoms with Crippen molar-refractivity contribution in [1.29, 1.82) is 0 Å². The van der Waals surface area contributed by atoms with Gasteiger partial charge in [0, 0.05) is 37.9 Å². The lowest BCUT2D eigenvalue weighted by Gasteiger charge is -2.19. The first-order valence-electron chi connectivity index (χ1n) is 8.09. The molecule has 1 aromatic heterocycles. The molecule has 2 N–H and O–H groups in total. The predicted octanol–water partition coefficient (Wildman–Crippen LogP) is 2.99. The first-order valence-corrected chi connectivity index (χ1v) is 8.09. The molecule has 126 valence electrons. The summed E-state index contributed by atoms with van der Waals surface area (Å²) in [5, 5.41) is 4.32. The number of halogens is 1. The Hall–Kier alpha value is -1.36. The van der Waals surface area contributed by atoms with Gasteiger partial charge in [0.25, 0.3) is 0 Å². The summed E-state index contributed by atoms with van der Waals surface area (Å²) in [6, 6.07) is 7.03. The van der Waals surface area contributed by atoms with E-state index in [1.54, 1.807) is 0 Å². The third-order valence-corrected chi connectivity index (χ3v) is 4.73. The number of aryl methyl sites for hydroxylation is 2. The van der Waals surface area contributed by atoms with Crippen molar-refractivity contribution < 1.29 is 0 Å². The van der Waals surface area contributed by atoms with Gasteiger partial charge >= 0.3 is 0 Å². The van der Waals surface area contributed by atoms with E-state index >= 15 is 0 Å². The Bertz CT molecular complexity index is 650. The van der Waals surface area contributed by atoms with E-state index in [1.807, 2.05) is 17.9 Å². The molecule has 0 amide bonds. The summed E-state index contributed by atoms with van der Waals surface area (Å²) in [4.78, 5) is 2.53. The highest BCUT2D eigenvalue weighted by molar-refractivity contribution is 5.85. The second-order valence-corrected chi connectivity index (χ2v) is 6.71. The van der Waals surface area contributed by atoms with Crippen LogP contribution in [0.15, 0.2) is 30.6 Å². The minimum absolute atomic E-state index is 0. The molecule has 0 aliphatic carbocycles. The van der Waals surface area contributed by atoms with Gasteiger partial charge in [-0.05, 0) is 43.9 Å². The molecule has 5 heteroatoms. The number of benzene rings is 1. The van der Waals surface area contributed by atoms with Gasteiger partial charge in [0.05, 0.1) is 6.20 Å². The van der Waals surface area contributed by atoms with Crippen LogP contribution in [-0.4, -0.2) is 33.8 Å². The minimum atomic E-state index is 0. The van der Waals surface area contributed by atoms with E-state index in [2.05, 4.69) is 48.2 Å². The average molecular weight is 335 g/mol. The third-order valence-electron chi connectivity index (χ3n) is 4.73. The maximum absolute atomic E-state index is 6.06. The molecule has 1 aromatic carbocycles. The van der Waals surface area contributed by atoms with E-state index < -0.39 is 0 Å². The summed E-state index contributed by atoms with van der Waals surface area (Å²) in [7, 11) is 1.96. The lowest BCUT2D eigenvalue weighted by molar-refractivity contribution is 0.309. The number of likely N-dealkylation sites (tertiary alicyclic amines) is 1. The fourth-order valence-corrected chi connectivity index (χ4v) is 3.33. The van der Waals surface area contributed by atoms with Crippen molar-refractivity contribution in [2.24, 2.45) is 18.7 Å². The molecule has 0 radical (unpaired) electrons. The highest BCUT2D eigenvalue weighted by atomic mass is 35.5. The van der Waals surface area contributed by atoms with E-state index in [-0.39, 0.29) is 12.4 Å². The van der Waals surface area contributed by atoms with Gasteiger partial charge in [0.2, 0.25) is 0 Å². The van der Waals surface area contributed by atoms with Crippen molar-refractivity contribution in [3.8, 4) is 11.1 Å². The van der Waals surface area contributed by atoms with Crippen molar-refractivity contribution in [2.45, 2.75) is 32.9 Å². The Morgan fingerprint density at radius 3 is 2.78 bits per heavy atom. The quantitative estimate of drug-likeness (QED) is 0.935. The first kappa shape index (κ1) is 18.0. The molecule has 2 unspecified atom stereocenters. The standard InChI is InChI=1S/C18H26N4.ClH/c1-13-4-5-16(12-22-7-6-15(11-22)14(2)19)18(8-13)17-9-20-21(3)10-17;/h4-5,8-10,14-15H,6-7,11-12,19H2,1-3H3;1H. The Morgan fingerprint density at radius 1 is 1.39 bits per heavy atom. The Balaban J connectivity index is 0.00000192. The molecule has 0 saturated carbocycles. The van der Waals surface area contributed by atoms with Gasteiger partial charge in [-0.3, -0.25) is 9.58 Å². The van der Waals surface area contributed by atoms with E-state index in [1.165, 1.54) is 28.7 Å². The molecule has 1 saturated heterocycles. The molecule has 4 nitrogen and oxygen atoms in total. The topological polar surface area (TPSA) is 47.1 Å². The van der Waals surface area contributed by atoms with E-state index in [0.717, 1.165) is 19.6 Å². The number of nitrogens with zero attached hydrogens (tertiary/aromatic N) is 3. The summed E-state index contributed by atoms with van der Waals surface area (Å²) in [6.45, 7) is 7.52. The first-order chi connectivity index (χ1) is 10.5. The van der Waals surface area contributed by atoms with Gasteiger partial charge in [-0.2, -0.15) is 5.10 Å². The molecule has 23 heavy (non-hydrogen) atoms. The van der Waals surface area contributed by atoms with Crippen LogP contribution < -0.4 is 5.73 Å². The number of nitrogens with two attached hydrogens (primary N) is 1. The van der Waals surface area contributed by atoms with Crippen molar-refractivity contribution >= 4 is 12.4 Å². The van der Waals surface area contributed by atoms with Gasteiger partial charge < -0.3 is 5.73 Å². The number of hydrogen-bond acceptors (Lipinski definition) is 3. The minimum Gasteiger partial charge on any atom is -0.328 e. The zero-order chi connectivity index (χ0) is 15.7. The van der Waals surface area contributed by atoms with Gasteiger partial charge in [0.1, 0.15) is 0 Å². The van der Waals surface area contributed by atoms with Crippen LogP contribution in [0.2, 0.25) is 0 Å². The monoisotopic (exact) mass is 334 g/mol. The zero-order valence-corrected chi connectivity index (χ0v) is 15.0. The summed E-state index contributed by atoms with van der Waals surface area (Å²) in [5.41, 5.74) is 11.2. The molecule has 2 aromatic rings. The number of hydrogen-bond donors (Lipinski definition) is 1. The second kappa shape index (κ2) is 7.47. The van der Waals surface area contributed by atoms with Crippen molar-refractivity contribution in [2.75, 3.05) is 13.1 Å². The summed E-state index contributed by atoms with van der Waals surface area (Å²) in [5.74, 6) is 0.632. The van der Waals surface area contributed by atoms with Crippen molar-refractivity contribution in [3.63, 3.8) is 0 Å². The maximum atomic E-state index is 6.06.